The first kappa shape index (κ1) is 12.7. The quantitative estimate of drug-likeness (QED) is 0.797. The predicted octanol–water partition coefficient (Wildman–Crippen LogP) is 1.23. The van der Waals surface area contributed by atoms with Gasteiger partial charge >= 0.3 is 6.09 Å². The van der Waals surface area contributed by atoms with Crippen LogP contribution in [0.25, 0.3) is 0 Å². The van der Waals surface area contributed by atoms with Crippen molar-refractivity contribution in [3.63, 3.8) is 0 Å². The number of aliphatic hydroxyl groups excluding tert-OH is 1. The number of amides is 1. The van der Waals surface area contributed by atoms with Crippen molar-refractivity contribution in [1.29, 1.82) is 0 Å². The highest BCUT2D eigenvalue weighted by atomic mass is 16.6. The number of piperidine rings is 1. The first-order valence-corrected chi connectivity index (χ1v) is 7.82. The molecule has 5 heteroatoms. The van der Waals surface area contributed by atoms with Crippen LogP contribution in [0.4, 0.5) is 4.79 Å². The van der Waals surface area contributed by atoms with Gasteiger partial charge in [0.05, 0.1) is 24.4 Å². The summed E-state index contributed by atoms with van der Waals surface area (Å²) in [6.45, 7) is 2.18. The van der Waals surface area contributed by atoms with Crippen LogP contribution in [0.15, 0.2) is 11.8 Å². The highest BCUT2D eigenvalue weighted by Gasteiger charge is 2.56. The fourth-order valence-electron chi connectivity index (χ4n) is 4.40. The summed E-state index contributed by atoms with van der Waals surface area (Å²) in [5.74, 6) is 1.21. The molecule has 20 heavy (non-hydrogen) atoms. The van der Waals surface area contributed by atoms with Crippen molar-refractivity contribution >= 4 is 6.09 Å². The second kappa shape index (κ2) is 4.46. The van der Waals surface area contributed by atoms with Crippen LogP contribution >= 0.6 is 0 Å². The van der Waals surface area contributed by atoms with E-state index in [1.807, 2.05) is 6.92 Å². The Morgan fingerprint density at radius 2 is 2.30 bits per heavy atom. The molecule has 5 nitrogen and oxygen atoms in total. The van der Waals surface area contributed by atoms with Crippen LogP contribution in [0.3, 0.4) is 0 Å². The molecule has 2 saturated heterocycles. The van der Waals surface area contributed by atoms with Gasteiger partial charge in [-0.3, -0.25) is 4.90 Å². The molecule has 4 aliphatic rings. The number of nitrogens with one attached hydrogen (secondary N) is 1. The molecule has 4 rings (SSSR count). The maximum atomic E-state index is 12.1. The minimum atomic E-state index is -0.570. The fraction of sp³-hybridized carbons (Fsp3) is 0.800. The number of hydrogen-bond acceptors (Lipinski definition) is 4. The molecular formula is C15H22N2O3. The zero-order valence-corrected chi connectivity index (χ0v) is 11.8. The van der Waals surface area contributed by atoms with E-state index in [2.05, 4.69) is 11.4 Å². The number of carbonyl (C=O) groups is 1. The molecule has 1 aliphatic carbocycles. The minimum Gasteiger partial charge on any atom is -0.449 e. The first-order chi connectivity index (χ1) is 9.70. The summed E-state index contributed by atoms with van der Waals surface area (Å²) in [6, 6.07) is 0.530. The number of ether oxygens (including phenoxy) is 1. The van der Waals surface area contributed by atoms with E-state index < -0.39 is 6.10 Å². The van der Waals surface area contributed by atoms with E-state index in [-0.39, 0.29) is 18.2 Å². The van der Waals surface area contributed by atoms with Crippen molar-refractivity contribution in [2.75, 3.05) is 6.61 Å². The van der Waals surface area contributed by atoms with E-state index >= 15 is 0 Å². The summed E-state index contributed by atoms with van der Waals surface area (Å²) in [5.41, 5.74) is 0.768. The van der Waals surface area contributed by atoms with Gasteiger partial charge in [-0.15, -0.1) is 0 Å². The molecular weight excluding hydrogens is 256 g/mol. The van der Waals surface area contributed by atoms with Gasteiger partial charge in [-0.2, -0.15) is 0 Å². The lowest BCUT2D eigenvalue weighted by molar-refractivity contribution is 0.0638. The van der Waals surface area contributed by atoms with Crippen molar-refractivity contribution in [3.8, 4) is 0 Å². The number of rotatable bonds is 2. The molecule has 2 N–H and O–H groups in total. The van der Waals surface area contributed by atoms with Gasteiger partial charge in [0.25, 0.3) is 0 Å². The average Bonchev–Trinajstić information content (AvgIpc) is 2.48. The topological polar surface area (TPSA) is 61.8 Å². The van der Waals surface area contributed by atoms with E-state index in [0.717, 1.165) is 18.0 Å². The highest BCUT2D eigenvalue weighted by Crippen LogP contribution is 2.47. The maximum Gasteiger partial charge on any atom is 0.414 e. The third-order valence-corrected chi connectivity index (χ3v) is 5.53. The van der Waals surface area contributed by atoms with Gasteiger partial charge in [0, 0.05) is 6.04 Å². The van der Waals surface area contributed by atoms with Gasteiger partial charge in [0.1, 0.15) is 6.10 Å². The van der Waals surface area contributed by atoms with Crippen LogP contribution in [-0.4, -0.2) is 46.9 Å². The Bertz CT molecular complexity index is 460. The van der Waals surface area contributed by atoms with Crippen LogP contribution in [0.2, 0.25) is 0 Å². The minimum absolute atomic E-state index is 0.0185. The summed E-state index contributed by atoms with van der Waals surface area (Å²) in [6.07, 6.45) is 6.13. The smallest absolute Gasteiger partial charge is 0.414 e. The molecule has 0 spiro atoms. The average molecular weight is 278 g/mol. The van der Waals surface area contributed by atoms with E-state index in [0.29, 0.717) is 18.6 Å². The number of fused-ring (bicyclic) bond motifs is 2. The number of aliphatic hydroxyl groups is 1. The molecule has 0 aromatic rings. The number of carbonyl (C=O) groups excluding carboxylic acids is 1. The van der Waals surface area contributed by atoms with E-state index in [9.17, 15) is 9.90 Å². The third-order valence-electron chi connectivity index (χ3n) is 5.53. The zero-order valence-electron chi connectivity index (χ0n) is 11.8. The molecule has 1 amide bonds. The lowest BCUT2D eigenvalue weighted by Crippen LogP contribution is -2.61. The Balaban J connectivity index is 1.62. The van der Waals surface area contributed by atoms with Gasteiger partial charge in [-0.25, -0.2) is 4.79 Å². The molecule has 3 fully saturated rings. The second-order valence-electron chi connectivity index (χ2n) is 6.48. The Morgan fingerprint density at radius 1 is 1.50 bits per heavy atom. The van der Waals surface area contributed by atoms with Crippen molar-refractivity contribution in [2.45, 2.75) is 56.8 Å². The van der Waals surface area contributed by atoms with Crippen molar-refractivity contribution < 1.29 is 14.6 Å². The standard InChI is InChI=1S/C15H22N2O3/c1-2-20-15(19)17-10-6-9-7-11(17)14(18)13(10)16-12(9)8-4-3-5-8/h7-10,12-14,16,18H,2-6H2,1H3/t9?,10?,12?,13?,14-/m0/s1. The van der Waals surface area contributed by atoms with Crippen molar-refractivity contribution in [2.24, 2.45) is 11.8 Å². The second-order valence-corrected chi connectivity index (χ2v) is 6.48. The summed E-state index contributed by atoms with van der Waals surface area (Å²) in [4.78, 5) is 13.8. The SMILES string of the molecule is CCOC(=O)N1C2=CC3CC1C(NC3C1CCC1)[C@H]2O. The van der Waals surface area contributed by atoms with Gasteiger partial charge in [-0.1, -0.05) is 12.5 Å². The molecule has 3 bridgehead atoms. The lowest BCUT2D eigenvalue weighted by Gasteiger charge is -2.47. The fourth-order valence-corrected chi connectivity index (χ4v) is 4.40. The normalized spacial score (nSPS) is 42.4. The van der Waals surface area contributed by atoms with Crippen LogP contribution < -0.4 is 5.32 Å². The maximum absolute atomic E-state index is 12.1. The summed E-state index contributed by atoms with van der Waals surface area (Å²) < 4.78 is 5.13. The molecule has 3 aliphatic heterocycles. The highest BCUT2D eigenvalue weighted by molar-refractivity contribution is 5.72. The largest absolute Gasteiger partial charge is 0.449 e. The molecule has 5 atom stereocenters. The lowest BCUT2D eigenvalue weighted by atomic mass is 9.71. The summed E-state index contributed by atoms with van der Waals surface area (Å²) >= 11 is 0. The molecule has 4 unspecified atom stereocenters. The third kappa shape index (κ3) is 1.59. The number of hydrogen-bond donors (Lipinski definition) is 2. The Morgan fingerprint density at radius 3 is 2.95 bits per heavy atom. The zero-order chi connectivity index (χ0) is 13.9. The molecule has 1 saturated carbocycles. The van der Waals surface area contributed by atoms with Crippen molar-refractivity contribution in [3.05, 3.63) is 11.8 Å². The Hall–Kier alpha value is -1.07. The number of nitrogens with zero attached hydrogens (tertiary/aromatic N) is 1. The van der Waals surface area contributed by atoms with E-state index in [1.165, 1.54) is 19.3 Å². The van der Waals surface area contributed by atoms with Gasteiger partial charge in [-0.05, 0) is 38.0 Å². The van der Waals surface area contributed by atoms with Crippen molar-refractivity contribution in [1.82, 2.24) is 10.2 Å². The van der Waals surface area contributed by atoms with Crippen LogP contribution in [-0.2, 0) is 4.74 Å². The van der Waals surface area contributed by atoms with Crippen LogP contribution in [0.5, 0.6) is 0 Å². The molecule has 0 aromatic heterocycles. The van der Waals surface area contributed by atoms with Crippen LogP contribution in [0, 0.1) is 11.8 Å². The molecule has 110 valence electrons. The van der Waals surface area contributed by atoms with E-state index in [1.54, 1.807) is 4.90 Å². The van der Waals surface area contributed by atoms with Gasteiger partial charge < -0.3 is 15.2 Å². The summed E-state index contributed by atoms with van der Waals surface area (Å²) in [5, 5.41) is 14.1. The monoisotopic (exact) mass is 278 g/mol. The van der Waals surface area contributed by atoms with Crippen LogP contribution in [0.1, 0.15) is 32.6 Å². The molecule has 0 aromatic carbocycles. The molecule has 0 radical (unpaired) electrons. The Labute approximate surface area is 119 Å². The first-order valence-electron chi connectivity index (χ1n) is 7.82. The Kier molecular flexibility index (Phi) is 2.82. The van der Waals surface area contributed by atoms with Gasteiger partial charge in [0.15, 0.2) is 0 Å². The molecule has 3 heterocycles. The van der Waals surface area contributed by atoms with E-state index in [4.69, 9.17) is 4.74 Å². The summed E-state index contributed by atoms with van der Waals surface area (Å²) in [7, 11) is 0. The van der Waals surface area contributed by atoms with Gasteiger partial charge in [0.2, 0.25) is 0 Å². The predicted molar refractivity (Wildman–Crippen MR) is 72.9 cm³/mol.